The lowest BCUT2D eigenvalue weighted by molar-refractivity contribution is 0.445. The van der Waals surface area contributed by atoms with Crippen LogP contribution < -0.4 is 11.2 Å². The van der Waals surface area contributed by atoms with Crippen LogP contribution in [-0.4, -0.2) is 24.9 Å². The number of nitrogens with zero attached hydrogens (tertiary/aromatic N) is 4. The molecule has 0 saturated carbocycles. The van der Waals surface area contributed by atoms with E-state index in [4.69, 9.17) is 10.2 Å². The second-order valence-corrected chi connectivity index (χ2v) is 8.80. The molecule has 0 radical (unpaired) electrons. The molecule has 0 saturated heterocycles. The summed E-state index contributed by atoms with van der Waals surface area (Å²) < 4.78 is 36.1. The molecule has 3 heterocycles. The van der Waals surface area contributed by atoms with Gasteiger partial charge >= 0.3 is 0 Å². The fraction of sp³-hybridized carbons (Fsp3) is 0.0714. The SMILES string of the molecule is CC(c1oc2ccccc2c(=O)c1-c1cccc(F)c1)n1nc(-c2cc(O)cc(F)c2)c2c(N)ncnc21. The molecule has 38 heavy (non-hydrogen) atoms. The van der Waals surface area contributed by atoms with Crippen LogP contribution in [0.4, 0.5) is 14.6 Å². The molecule has 3 N–H and O–H groups in total. The molecule has 0 bridgehead atoms. The van der Waals surface area contributed by atoms with Gasteiger partial charge in [0.05, 0.1) is 16.3 Å². The number of hydrogen-bond acceptors (Lipinski definition) is 7. The number of rotatable bonds is 4. The molecule has 1 unspecified atom stereocenters. The van der Waals surface area contributed by atoms with Crippen LogP contribution in [-0.2, 0) is 0 Å². The van der Waals surface area contributed by atoms with Crippen molar-refractivity contribution < 1.29 is 18.3 Å². The molecule has 3 aromatic heterocycles. The number of nitrogen functional groups attached to an aromatic ring is 1. The van der Waals surface area contributed by atoms with Gasteiger partial charge in [-0.2, -0.15) is 5.10 Å². The van der Waals surface area contributed by atoms with Gasteiger partial charge in [0.1, 0.15) is 52.6 Å². The summed E-state index contributed by atoms with van der Waals surface area (Å²) in [6.45, 7) is 1.74. The van der Waals surface area contributed by atoms with Crippen molar-refractivity contribution in [1.29, 1.82) is 0 Å². The van der Waals surface area contributed by atoms with Gasteiger partial charge in [0.2, 0.25) is 5.43 Å². The maximum atomic E-state index is 14.2. The number of fused-ring (bicyclic) bond motifs is 2. The van der Waals surface area contributed by atoms with Gasteiger partial charge < -0.3 is 15.3 Å². The average Bonchev–Trinajstić information content (AvgIpc) is 3.29. The molecule has 0 fully saturated rings. The zero-order valence-electron chi connectivity index (χ0n) is 19.9. The monoisotopic (exact) mass is 511 g/mol. The first-order valence-electron chi connectivity index (χ1n) is 11.6. The maximum Gasteiger partial charge on any atom is 0.200 e. The number of para-hydroxylation sites is 1. The average molecular weight is 511 g/mol. The smallest absolute Gasteiger partial charge is 0.200 e. The van der Waals surface area contributed by atoms with Gasteiger partial charge in [-0.05, 0) is 48.9 Å². The van der Waals surface area contributed by atoms with E-state index in [0.29, 0.717) is 27.6 Å². The lowest BCUT2D eigenvalue weighted by Gasteiger charge is -2.17. The van der Waals surface area contributed by atoms with E-state index >= 15 is 0 Å². The lowest BCUT2D eigenvalue weighted by Crippen LogP contribution is -2.16. The van der Waals surface area contributed by atoms with Gasteiger partial charge in [0.15, 0.2) is 5.65 Å². The van der Waals surface area contributed by atoms with E-state index in [2.05, 4.69) is 15.1 Å². The minimum atomic E-state index is -0.752. The molecule has 0 aliphatic carbocycles. The molecular weight excluding hydrogens is 492 g/mol. The van der Waals surface area contributed by atoms with Crippen LogP contribution >= 0.6 is 0 Å². The number of benzene rings is 3. The number of phenolic OH excluding ortho intramolecular Hbond substituents is 1. The quantitative estimate of drug-likeness (QED) is 0.323. The first-order valence-corrected chi connectivity index (χ1v) is 11.6. The molecule has 6 aromatic rings. The highest BCUT2D eigenvalue weighted by molar-refractivity contribution is 5.98. The Morgan fingerprint density at radius 2 is 1.76 bits per heavy atom. The number of nitrogens with two attached hydrogens (primary N) is 1. The largest absolute Gasteiger partial charge is 0.508 e. The Labute approximate surface area is 213 Å². The minimum absolute atomic E-state index is 0.0949. The third-order valence-corrected chi connectivity index (χ3v) is 6.36. The molecule has 6 rings (SSSR count). The van der Waals surface area contributed by atoms with Crippen LogP contribution in [0.2, 0.25) is 0 Å². The molecule has 0 spiro atoms. The lowest BCUT2D eigenvalue weighted by atomic mass is 9.99. The fourth-order valence-corrected chi connectivity index (χ4v) is 4.66. The van der Waals surface area contributed by atoms with Crippen molar-refractivity contribution in [2.75, 3.05) is 5.73 Å². The first-order chi connectivity index (χ1) is 18.3. The molecule has 0 amide bonds. The van der Waals surface area contributed by atoms with Crippen LogP contribution in [0.15, 0.2) is 82.3 Å². The van der Waals surface area contributed by atoms with E-state index in [9.17, 15) is 18.7 Å². The summed E-state index contributed by atoms with van der Waals surface area (Å²) in [5.74, 6) is -1.15. The molecule has 3 aromatic carbocycles. The van der Waals surface area contributed by atoms with Gasteiger partial charge in [-0.1, -0.05) is 24.3 Å². The van der Waals surface area contributed by atoms with E-state index in [1.807, 2.05) is 0 Å². The van der Waals surface area contributed by atoms with Crippen LogP contribution in [0.3, 0.4) is 0 Å². The summed E-state index contributed by atoms with van der Waals surface area (Å²) in [7, 11) is 0. The van der Waals surface area contributed by atoms with Gasteiger partial charge in [-0.15, -0.1) is 0 Å². The number of anilines is 1. The molecule has 0 aliphatic heterocycles. The molecule has 188 valence electrons. The van der Waals surface area contributed by atoms with Crippen molar-refractivity contribution in [1.82, 2.24) is 19.7 Å². The number of aromatic nitrogens is 4. The number of phenols is 1. The Bertz CT molecular complexity index is 1910. The summed E-state index contributed by atoms with van der Waals surface area (Å²) in [6, 6.07) is 15.2. The van der Waals surface area contributed by atoms with Gasteiger partial charge in [0.25, 0.3) is 0 Å². The van der Waals surface area contributed by atoms with E-state index in [1.165, 1.54) is 41.3 Å². The minimum Gasteiger partial charge on any atom is -0.508 e. The predicted molar refractivity (Wildman–Crippen MR) is 138 cm³/mol. The Morgan fingerprint density at radius 3 is 2.55 bits per heavy atom. The highest BCUT2D eigenvalue weighted by Crippen LogP contribution is 2.37. The van der Waals surface area contributed by atoms with E-state index in [0.717, 1.165) is 6.07 Å². The van der Waals surface area contributed by atoms with Crippen LogP contribution in [0.5, 0.6) is 5.75 Å². The third-order valence-electron chi connectivity index (χ3n) is 6.36. The van der Waals surface area contributed by atoms with Gasteiger partial charge in [-0.25, -0.2) is 23.4 Å². The van der Waals surface area contributed by atoms with Crippen LogP contribution in [0.1, 0.15) is 18.7 Å². The normalized spacial score (nSPS) is 12.3. The Morgan fingerprint density at radius 1 is 0.974 bits per heavy atom. The summed E-state index contributed by atoms with van der Waals surface area (Å²) >= 11 is 0. The maximum absolute atomic E-state index is 14.2. The summed E-state index contributed by atoms with van der Waals surface area (Å²) in [6.07, 6.45) is 1.26. The van der Waals surface area contributed by atoms with Crippen molar-refractivity contribution in [3.05, 3.63) is 101 Å². The zero-order valence-corrected chi connectivity index (χ0v) is 19.9. The highest BCUT2D eigenvalue weighted by Gasteiger charge is 2.27. The molecule has 8 nitrogen and oxygen atoms in total. The summed E-state index contributed by atoms with van der Waals surface area (Å²) in [5.41, 5.74) is 7.49. The summed E-state index contributed by atoms with van der Waals surface area (Å²) in [4.78, 5) is 22.1. The predicted octanol–water partition coefficient (Wildman–Crippen LogP) is 5.44. The molecule has 10 heteroatoms. The second kappa shape index (κ2) is 8.77. The topological polar surface area (TPSA) is 120 Å². The van der Waals surface area contributed by atoms with Crippen molar-refractivity contribution in [2.45, 2.75) is 13.0 Å². The van der Waals surface area contributed by atoms with E-state index < -0.39 is 17.7 Å². The zero-order chi connectivity index (χ0) is 26.6. The molecule has 0 aliphatic rings. The molecule has 1 atom stereocenters. The highest BCUT2D eigenvalue weighted by atomic mass is 19.1. The Kier molecular flexibility index (Phi) is 5.37. The van der Waals surface area contributed by atoms with Crippen molar-refractivity contribution in [3.8, 4) is 28.1 Å². The van der Waals surface area contributed by atoms with Gasteiger partial charge in [0, 0.05) is 11.6 Å². The third kappa shape index (κ3) is 3.74. The summed E-state index contributed by atoms with van der Waals surface area (Å²) in [5, 5.41) is 15.3. The van der Waals surface area contributed by atoms with Crippen molar-refractivity contribution in [2.24, 2.45) is 0 Å². The molecular formula is C28H19F2N5O3. The van der Waals surface area contributed by atoms with Crippen LogP contribution in [0.25, 0.3) is 44.4 Å². The number of hydrogen-bond donors (Lipinski definition) is 2. The van der Waals surface area contributed by atoms with Crippen molar-refractivity contribution in [3.63, 3.8) is 0 Å². The van der Waals surface area contributed by atoms with Gasteiger partial charge in [-0.3, -0.25) is 4.79 Å². The second-order valence-electron chi connectivity index (χ2n) is 8.80. The Balaban J connectivity index is 1.65. The standard InChI is InChI=1S/C28H19F2N5O3/c1-14(26-22(15-5-4-6-17(29)9-15)25(37)20-7-2-3-8-21(20)38-26)35-28-23(27(31)32-13-33-28)24(34-35)16-10-18(30)12-19(36)11-16/h2-14,36H,1H3,(H2,31,32,33). The Hall–Kier alpha value is -5.12. The number of aromatic hydroxyl groups is 1. The number of halogens is 2. The first kappa shape index (κ1) is 23.3. The van der Waals surface area contributed by atoms with E-state index in [1.54, 1.807) is 37.3 Å². The van der Waals surface area contributed by atoms with E-state index in [-0.39, 0.29) is 39.6 Å². The van der Waals surface area contributed by atoms with Crippen LogP contribution in [0, 0.1) is 11.6 Å². The fourth-order valence-electron chi connectivity index (χ4n) is 4.66. The van der Waals surface area contributed by atoms with Crippen molar-refractivity contribution >= 4 is 27.8 Å².